The minimum Gasteiger partial charge on any atom is -0.316 e. The van der Waals surface area contributed by atoms with Crippen LogP contribution in [0.25, 0.3) is 0 Å². The van der Waals surface area contributed by atoms with Gasteiger partial charge in [-0.1, -0.05) is 11.2 Å². The number of aromatic nitrogens is 1. The second kappa shape index (κ2) is 6.31. The van der Waals surface area contributed by atoms with Crippen molar-refractivity contribution < 1.29 is 9.63 Å². The highest BCUT2D eigenvalue weighted by Crippen LogP contribution is 1.91. The first kappa shape index (κ1) is 10.9. The van der Waals surface area contributed by atoms with Crippen molar-refractivity contribution >= 4 is 12.3 Å². The summed E-state index contributed by atoms with van der Waals surface area (Å²) in [5.74, 6) is 0. The van der Waals surface area contributed by atoms with Crippen molar-refractivity contribution in [1.82, 2.24) is 10.3 Å². The van der Waals surface area contributed by atoms with Crippen molar-refractivity contribution in [2.24, 2.45) is 5.16 Å². The lowest BCUT2D eigenvalue weighted by Crippen LogP contribution is -2.22. The van der Waals surface area contributed by atoms with Crippen LogP contribution >= 0.6 is 0 Å². The van der Waals surface area contributed by atoms with Crippen molar-refractivity contribution in [1.29, 1.82) is 0 Å². The lowest BCUT2D eigenvalue weighted by Gasteiger charge is -1.97. The molecule has 1 heterocycles. The maximum atomic E-state index is 10.9. The third kappa shape index (κ3) is 4.56. The largest absolute Gasteiger partial charge is 0.433 e. The van der Waals surface area contributed by atoms with E-state index in [1.54, 1.807) is 30.6 Å². The van der Waals surface area contributed by atoms with Gasteiger partial charge in [-0.15, -0.1) is 6.58 Å². The lowest BCUT2D eigenvalue weighted by molar-refractivity contribution is 0.152. The normalized spacial score (nSPS) is 9.87. The number of pyridine rings is 1. The van der Waals surface area contributed by atoms with Crippen LogP contribution in [-0.2, 0) is 4.84 Å². The molecule has 0 aliphatic rings. The van der Waals surface area contributed by atoms with E-state index in [1.165, 1.54) is 6.21 Å². The molecule has 0 fully saturated rings. The van der Waals surface area contributed by atoms with Crippen LogP contribution in [0.15, 0.2) is 42.3 Å². The number of nitrogens with one attached hydrogen (secondary N) is 1. The molecule has 5 heteroatoms. The van der Waals surface area contributed by atoms with E-state index < -0.39 is 6.09 Å². The number of oxime groups is 1. The van der Waals surface area contributed by atoms with E-state index in [2.05, 4.69) is 26.9 Å². The Morgan fingerprint density at radius 2 is 2.33 bits per heavy atom. The van der Waals surface area contributed by atoms with Crippen molar-refractivity contribution in [3.63, 3.8) is 0 Å². The maximum Gasteiger partial charge on any atom is 0.433 e. The van der Waals surface area contributed by atoms with Gasteiger partial charge in [-0.2, -0.15) is 0 Å². The van der Waals surface area contributed by atoms with Gasteiger partial charge in [-0.3, -0.25) is 9.82 Å². The molecule has 1 aromatic heterocycles. The molecule has 15 heavy (non-hydrogen) atoms. The molecule has 0 aliphatic carbocycles. The zero-order chi connectivity index (χ0) is 10.9. The predicted octanol–water partition coefficient (Wildman–Crippen LogP) is 1.33. The topological polar surface area (TPSA) is 63.6 Å². The molecule has 1 aromatic rings. The van der Waals surface area contributed by atoms with Crippen LogP contribution in [0.2, 0.25) is 0 Å². The van der Waals surface area contributed by atoms with E-state index in [-0.39, 0.29) is 0 Å². The monoisotopic (exact) mass is 205 g/mol. The molecule has 0 bridgehead atoms. The SMILES string of the molecule is C=CCNC(=O)O/N=C/c1ccncc1. The molecule has 0 atom stereocenters. The van der Waals surface area contributed by atoms with Crippen molar-refractivity contribution in [3.8, 4) is 0 Å². The first-order valence-corrected chi connectivity index (χ1v) is 4.32. The van der Waals surface area contributed by atoms with Crippen LogP contribution in [-0.4, -0.2) is 23.8 Å². The van der Waals surface area contributed by atoms with Gasteiger partial charge in [-0.05, 0) is 17.7 Å². The molecular formula is C10H11N3O2. The van der Waals surface area contributed by atoms with E-state index in [4.69, 9.17) is 0 Å². The molecule has 5 nitrogen and oxygen atoms in total. The standard InChI is InChI=1S/C10H11N3O2/c1-2-5-12-10(14)15-13-8-9-3-6-11-7-4-9/h2-4,6-8H,1,5H2,(H,12,14)/b13-8+. The Morgan fingerprint density at radius 1 is 1.60 bits per heavy atom. The highest BCUT2D eigenvalue weighted by molar-refractivity contribution is 5.79. The molecule has 0 saturated carbocycles. The van der Waals surface area contributed by atoms with Gasteiger partial charge < -0.3 is 5.32 Å². The number of rotatable bonds is 4. The first-order chi connectivity index (χ1) is 7.33. The van der Waals surface area contributed by atoms with E-state index in [0.29, 0.717) is 6.54 Å². The van der Waals surface area contributed by atoms with Crippen LogP contribution in [0, 0.1) is 0 Å². The summed E-state index contributed by atoms with van der Waals surface area (Å²) in [6, 6.07) is 3.49. The number of nitrogens with zero attached hydrogens (tertiary/aromatic N) is 2. The fraction of sp³-hybridized carbons (Fsp3) is 0.100. The van der Waals surface area contributed by atoms with Gasteiger partial charge in [-0.25, -0.2) is 4.79 Å². The van der Waals surface area contributed by atoms with Gasteiger partial charge in [0, 0.05) is 18.9 Å². The van der Waals surface area contributed by atoms with Gasteiger partial charge in [0.2, 0.25) is 0 Å². The van der Waals surface area contributed by atoms with Crippen molar-refractivity contribution in [2.45, 2.75) is 0 Å². The second-order valence-corrected chi connectivity index (χ2v) is 2.56. The summed E-state index contributed by atoms with van der Waals surface area (Å²) in [6.07, 6.45) is 5.61. The molecule has 0 saturated heterocycles. The molecule has 0 spiro atoms. The third-order valence-electron chi connectivity index (χ3n) is 1.43. The zero-order valence-corrected chi connectivity index (χ0v) is 8.09. The van der Waals surface area contributed by atoms with Crippen LogP contribution in [0.4, 0.5) is 4.79 Å². The van der Waals surface area contributed by atoms with Gasteiger partial charge in [0.25, 0.3) is 0 Å². The van der Waals surface area contributed by atoms with Gasteiger partial charge in [0.15, 0.2) is 0 Å². The Labute approximate surface area is 87.5 Å². The summed E-state index contributed by atoms with van der Waals surface area (Å²) in [7, 11) is 0. The first-order valence-electron chi connectivity index (χ1n) is 4.32. The summed E-state index contributed by atoms with van der Waals surface area (Å²) < 4.78 is 0. The smallest absolute Gasteiger partial charge is 0.316 e. The highest BCUT2D eigenvalue weighted by atomic mass is 16.7. The Balaban J connectivity index is 2.33. The minimum atomic E-state index is -0.611. The molecule has 78 valence electrons. The zero-order valence-electron chi connectivity index (χ0n) is 8.09. The molecular weight excluding hydrogens is 194 g/mol. The molecule has 0 unspecified atom stereocenters. The Bertz CT molecular complexity index is 349. The summed E-state index contributed by atoms with van der Waals surface area (Å²) in [5, 5.41) is 5.91. The fourth-order valence-corrected chi connectivity index (χ4v) is 0.772. The van der Waals surface area contributed by atoms with E-state index >= 15 is 0 Å². The second-order valence-electron chi connectivity index (χ2n) is 2.56. The molecule has 0 aromatic carbocycles. The summed E-state index contributed by atoms with van der Waals surface area (Å²) >= 11 is 0. The summed E-state index contributed by atoms with van der Waals surface area (Å²) in [6.45, 7) is 3.80. The Hall–Kier alpha value is -2.17. The van der Waals surface area contributed by atoms with Crippen molar-refractivity contribution in [3.05, 3.63) is 42.7 Å². The fourth-order valence-electron chi connectivity index (χ4n) is 0.772. The van der Waals surface area contributed by atoms with Crippen LogP contribution in [0.5, 0.6) is 0 Å². The maximum absolute atomic E-state index is 10.9. The minimum absolute atomic E-state index is 0.351. The molecule has 1 amide bonds. The van der Waals surface area contributed by atoms with Gasteiger partial charge >= 0.3 is 6.09 Å². The van der Waals surface area contributed by atoms with Crippen LogP contribution in [0.1, 0.15) is 5.56 Å². The average Bonchev–Trinajstić information content (AvgIpc) is 2.28. The Morgan fingerprint density at radius 3 is 3.00 bits per heavy atom. The van der Waals surface area contributed by atoms with Crippen molar-refractivity contribution in [2.75, 3.05) is 6.54 Å². The summed E-state index contributed by atoms with van der Waals surface area (Å²) in [5.41, 5.74) is 0.807. The molecule has 1 N–H and O–H groups in total. The van der Waals surface area contributed by atoms with Crippen LogP contribution < -0.4 is 5.32 Å². The number of carbonyl (C=O) groups excluding carboxylic acids is 1. The average molecular weight is 205 g/mol. The predicted molar refractivity (Wildman–Crippen MR) is 56.5 cm³/mol. The van der Waals surface area contributed by atoms with E-state index in [0.717, 1.165) is 5.56 Å². The molecule has 0 aliphatic heterocycles. The summed E-state index contributed by atoms with van der Waals surface area (Å²) in [4.78, 5) is 19.2. The number of amides is 1. The lowest BCUT2D eigenvalue weighted by atomic mass is 10.3. The quantitative estimate of drug-likeness (QED) is 0.349. The number of hydrogen-bond donors (Lipinski definition) is 1. The third-order valence-corrected chi connectivity index (χ3v) is 1.43. The van der Waals surface area contributed by atoms with E-state index in [9.17, 15) is 4.79 Å². The van der Waals surface area contributed by atoms with Gasteiger partial charge in [0.1, 0.15) is 0 Å². The number of carbonyl (C=O) groups is 1. The molecule has 0 radical (unpaired) electrons. The van der Waals surface area contributed by atoms with Gasteiger partial charge in [0.05, 0.1) is 6.21 Å². The highest BCUT2D eigenvalue weighted by Gasteiger charge is 1.96. The van der Waals surface area contributed by atoms with E-state index in [1.807, 2.05) is 0 Å². The Kier molecular flexibility index (Phi) is 4.59. The molecule has 1 rings (SSSR count). The van der Waals surface area contributed by atoms with Crippen LogP contribution in [0.3, 0.4) is 0 Å². The number of hydrogen-bond acceptors (Lipinski definition) is 4.